The average molecular weight is 351 g/mol. The van der Waals surface area contributed by atoms with Gasteiger partial charge in [-0.05, 0) is 32.8 Å². The third-order valence-electron chi connectivity index (χ3n) is 4.51. The molecular formula is C17H23F2N5O. The standard InChI is InChI=1S/C17H23F2N5O/c1-11-6-9-24(23-11)15-10-14(12(2)25-3)21-16(22-15)20-13-4-7-17(18,19)8-5-13/h6,9-10,12-13H,4-5,7-8H2,1-3H3,(H,20,21,22). The van der Waals surface area contributed by atoms with E-state index >= 15 is 0 Å². The summed E-state index contributed by atoms with van der Waals surface area (Å²) in [7, 11) is 1.61. The van der Waals surface area contributed by atoms with Crippen LogP contribution in [0, 0.1) is 6.92 Å². The molecule has 1 unspecified atom stereocenters. The van der Waals surface area contributed by atoms with E-state index in [1.807, 2.05) is 32.2 Å². The summed E-state index contributed by atoms with van der Waals surface area (Å²) in [6.45, 7) is 3.79. The van der Waals surface area contributed by atoms with Crippen molar-refractivity contribution in [3.63, 3.8) is 0 Å². The number of aryl methyl sites for hydroxylation is 1. The van der Waals surface area contributed by atoms with Crippen LogP contribution in [0.5, 0.6) is 0 Å². The number of hydrogen-bond donors (Lipinski definition) is 1. The van der Waals surface area contributed by atoms with Crippen LogP contribution in [-0.4, -0.2) is 38.8 Å². The van der Waals surface area contributed by atoms with Gasteiger partial charge in [0.05, 0.1) is 17.5 Å². The lowest BCUT2D eigenvalue weighted by Gasteiger charge is -2.29. The molecule has 1 atom stereocenters. The van der Waals surface area contributed by atoms with Crippen molar-refractivity contribution in [1.82, 2.24) is 19.7 Å². The summed E-state index contributed by atoms with van der Waals surface area (Å²) in [5.41, 5.74) is 1.59. The van der Waals surface area contributed by atoms with Crippen molar-refractivity contribution >= 4 is 5.95 Å². The predicted octanol–water partition coefficient (Wildman–Crippen LogP) is 3.67. The second-order valence-electron chi connectivity index (χ2n) is 6.53. The number of nitrogens with one attached hydrogen (secondary N) is 1. The van der Waals surface area contributed by atoms with Crippen LogP contribution < -0.4 is 5.32 Å². The fourth-order valence-corrected chi connectivity index (χ4v) is 2.87. The normalized spacial score (nSPS) is 18.9. The van der Waals surface area contributed by atoms with Crippen molar-refractivity contribution in [1.29, 1.82) is 0 Å². The maximum absolute atomic E-state index is 13.3. The van der Waals surface area contributed by atoms with E-state index in [2.05, 4.69) is 20.4 Å². The number of rotatable bonds is 5. The van der Waals surface area contributed by atoms with Gasteiger partial charge in [0.25, 0.3) is 0 Å². The van der Waals surface area contributed by atoms with E-state index in [0.29, 0.717) is 30.3 Å². The Balaban J connectivity index is 1.85. The zero-order valence-corrected chi connectivity index (χ0v) is 14.7. The van der Waals surface area contributed by atoms with Crippen LogP contribution in [0.25, 0.3) is 5.82 Å². The number of hydrogen-bond acceptors (Lipinski definition) is 5. The van der Waals surface area contributed by atoms with Crippen LogP contribution in [0.15, 0.2) is 18.3 Å². The molecule has 1 saturated carbocycles. The molecule has 1 N–H and O–H groups in total. The van der Waals surface area contributed by atoms with Gasteiger partial charge in [-0.2, -0.15) is 10.1 Å². The fraction of sp³-hybridized carbons (Fsp3) is 0.588. The summed E-state index contributed by atoms with van der Waals surface area (Å²) in [5, 5.41) is 7.58. The van der Waals surface area contributed by atoms with Gasteiger partial charge in [0.1, 0.15) is 0 Å². The van der Waals surface area contributed by atoms with E-state index in [1.165, 1.54) is 0 Å². The minimum absolute atomic E-state index is 0.0556. The van der Waals surface area contributed by atoms with Crippen molar-refractivity contribution in [2.24, 2.45) is 0 Å². The Bertz CT molecular complexity index is 724. The second kappa shape index (κ2) is 7.03. The predicted molar refractivity (Wildman–Crippen MR) is 90.1 cm³/mol. The molecular weight excluding hydrogens is 328 g/mol. The minimum Gasteiger partial charge on any atom is -0.375 e. The van der Waals surface area contributed by atoms with E-state index in [1.54, 1.807) is 11.8 Å². The molecule has 0 radical (unpaired) electrons. The average Bonchev–Trinajstić information content (AvgIpc) is 3.02. The number of halogens is 2. The van der Waals surface area contributed by atoms with E-state index in [4.69, 9.17) is 4.74 Å². The molecule has 0 aromatic carbocycles. The fourth-order valence-electron chi connectivity index (χ4n) is 2.87. The Morgan fingerprint density at radius 3 is 2.64 bits per heavy atom. The highest BCUT2D eigenvalue weighted by Crippen LogP contribution is 2.34. The van der Waals surface area contributed by atoms with Crippen LogP contribution in [0.2, 0.25) is 0 Å². The molecule has 2 aromatic heterocycles. The molecule has 1 aliphatic carbocycles. The van der Waals surface area contributed by atoms with Crippen LogP contribution in [-0.2, 0) is 4.74 Å². The number of methoxy groups -OCH3 is 1. The van der Waals surface area contributed by atoms with Gasteiger partial charge in [0.15, 0.2) is 5.82 Å². The number of nitrogens with zero attached hydrogens (tertiary/aromatic N) is 4. The Morgan fingerprint density at radius 2 is 2.04 bits per heavy atom. The van der Waals surface area contributed by atoms with Crippen LogP contribution in [0.1, 0.15) is 50.1 Å². The number of alkyl halides is 2. The van der Waals surface area contributed by atoms with Gasteiger partial charge in [0, 0.05) is 38.3 Å². The highest BCUT2D eigenvalue weighted by atomic mass is 19.3. The van der Waals surface area contributed by atoms with Gasteiger partial charge in [-0.25, -0.2) is 18.4 Å². The zero-order chi connectivity index (χ0) is 18.0. The molecule has 6 nitrogen and oxygen atoms in total. The zero-order valence-electron chi connectivity index (χ0n) is 14.7. The lowest BCUT2D eigenvalue weighted by Crippen LogP contribution is -2.32. The lowest BCUT2D eigenvalue weighted by molar-refractivity contribution is -0.0361. The molecule has 0 saturated heterocycles. The molecule has 0 spiro atoms. The van der Waals surface area contributed by atoms with Gasteiger partial charge in [-0.1, -0.05) is 0 Å². The lowest BCUT2D eigenvalue weighted by atomic mass is 9.92. The molecule has 0 bridgehead atoms. The van der Waals surface area contributed by atoms with Crippen LogP contribution >= 0.6 is 0 Å². The topological polar surface area (TPSA) is 64.9 Å². The number of ether oxygens (including phenoxy) is 1. The maximum Gasteiger partial charge on any atom is 0.248 e. The first-order valence-corrected chi connectivity index (χ1v) is 8.45. The Morgan fingerprint density at radius 1 is 1.32 bits per heavy atom. The van der Waals surface area contributed by atoms with E-state index in [0.717, 1.165) is 5.69 Å². The first-order valence-electron chi connectivity index (χ1n) is 8.45. The van der Waals surface area contributed by atoms with Crippen molar-refractivity contribution in [3.05, 3.63) is 29.7 Å². The number of anilines is 1. The Labute approximate surface area is 145 Å². The van der Waals surface area contributed by atoms with Crippen LogP contribution in [0.4, 0.5) is 14.7 Å². The van der Waals surface area contributed by atoms with Crippen molar-refractivity contribution < 1.29 is 13.5 Å². The molecule has 0 aliphatic heterocycles. The SMILES string of the molecule is COC(C)c1cc(-n2ccc(C)n2)nc(NC2CCC(F)(F)CC2)n1. The summed E-state index contributed by atoms with van der Waals surface area (Å²) in [5.74, 6) is -1.52. The van der Waals surface area contributed by atoms with Gasteiger partial charge >= 0.3 is 0 Å². The Kier molecular flexibility index (Phi) is 4.99. The summed E-state index contributed by atoms with van der Waals surface area (Å²) in [6, 6.07) is 3.65. The second-order valence-corrected chi connectivity index (χ2v) is 6.53. The largest absolute Gasteiger partial charge is 0.375 e. The van der Waals surface area contributed by atoms with Gasteiger partial charge in [-0.3, -0.25) is 0 Å². The summed E-state index contributed by atoms with van der Waals surface area (Å²) in [4.78, 5) is 8.99. The first-order chi connectivity index (χ1) is 11.9. The molecule has 2 heterocycles. The van der Waals surface area contributed by atoms with Gasteiger partial charge in [0.2, 0.25) is 11.9 Å². The maximum atomic E-state index is 13.3. The summed E-state index contributed by atoms with van der Waals surface area (Å²) in [6.07, 6.45) is 2.19. The third-order valence-corrected chi connectivity index (χ3v) is 4.51. The Hall–Kier alpha value is -2.09. The molecule has 3 rings (SSSR count). The highest BCUT2D eigenvalue weighted by molar-refractivity contribution is 5.36. The van der Waals surface area contributed by atoms with E-state index < -0.39 is 5.92 Å². The smallest absolute Gasteiger partial charge is 0.248 e. The highest BCUT2D eigenvalue weighted by Gasteiger charge is 2.35. The van der Waals surface area contributed by atoms with Gasteiger partial charge < -0.3 is 10.1 Å². The van der Waals surface area contributed by atoms with Crippen molar-refractivity contribution in [2.45, 2.75) is 57.6 Å². The third kappa shape index (κ3) is 4.31. The molecule has 25 heavy (non-hydrogen) atoms. The first kappa shape index (κ1) is 17.7. The van der Waals surface area contributed by atoms with E-state index in [9.17, 15) is 8.78 Å². The molecule has 1 aliphatic rings. The molecule has 2 aromatic rings. The van der Waals surface area contributed by atoms with Crippen molar-refractivity contribution in [3.8, 4) is 5.82 Å². The quantitative estimate of drug-likeness (QED) is 0.890. The molecule has 8 heteroatoms. The van der Waals surface area contributed by atoms with Crippen LogP contribution in [0.3, 0.4) is 0 Å². The summed E-state index contributed by atoms with van der Waals surface area (Å²) < 4.78 is 33.7. The molecule has 1 fully saturated rings. The van der Waals surface area contributed by atoms with Gasteiger partial charge in [-0.15, -0.1) is 0 Å². The summed E-state index contributed by atoms with van der Waals surface area (Å²) >= 11 is 0. The van der Waals surface area contributed by atoms with E-state index in [-0.39, 0.29) is 25.0 Å². The number of aromatic nitrogens is 4. The minimum atomic E-state index is -2.55. The molecule has 136 valence electrons. The monoisotopic (exact) mass is 351 g/mol. The van der Waals surface area contributed by atoms with Crippen molar-refractivity contribution in [2.75, 3.05) is 12.4 Å². The molecule has 0 amide bonds.